The first-order valence-electron chi connectivity index (χ1n) is 9.88. The first kappa shape index (κ1) is 21.5. The zero-order chi connectivity index (χ0) is 21.2. The van der Waals surface area contributed by atoms with E-state index in [1.807, 2.05) is 45.9 Å². The molecule has 29 heavy (non-hydrogen) atoms. The molecule has 2 atom stereocenters. The van der Waals surface area contributed by atoms with E-state index >= 15 is 0 Å². The first-order valence-corrected chi connectivity index (χ1v) is 11.3. The van der Waals surface area contributed by atoms with E-state index in [-0.39, 0.29) is 23.0 Å². The van der Waals surface area contributed by atoms with Crippen LogP contribution in [-0.4, -0.2) is 43.9 Å². The Bertz CT molecular complexity index is 994. The SMILES string of the molecule is CCc1cccc(C)c1NC(=O)c1cccc(S(=O)(=O)N2CC(C)OC(C)C2)c1. The number of morpholine rings is 1. The second-order valence-corrected chi connectivity index (χ2v) is 9.46. The minimum absolute atomic E-state index is 0.118. The number of benzene rings is 2. The largest absolute Gasteiger partial charge is 0.373 e. The summed E-state index contributed by atoms with van der Waals surface area (Å²) in [6, 6.07) is 12.1. The lowest BCUT2D eigenvalue weighted by molar-refractivity contribution is -0.0440. The van der Waals surface area contributed by atoms with Crippen molar-refractivity contribution in [2.75, 3.05) is 18.4 Å². The third kappa shape index (κ3) is 4.69. The number of amides is 1. The molecule has 1 aliphatic rings. The Morgan fingerprint density at radius 2 is 1.79 bits per heavy atom. The second-order valence-electron chi connectivity index (χ2n) is 7.52. The van der Waals surface area contributed by atoms with Gasteiger partial charge in [0.15, 0.2) is 0 Å². The van der Waals surface area contributed by atoms with Crippen LogP contribution in [0, 0.1) is 6.92 Å². The van der Waals surface area contributed by atoms with Crippen LogP contribution in [0.1, 0.15) is 42.3 Å². The Balaban J connectivity index is 1.87. The third-order valence-corrected chi connectivity index (χ3v) is 6.93. The molecule has 1 heterocycles. The van der Waals surface area contributed by atoms with Crippen LogP contribution in [0.5, 0.6) is 0 Å². The Morgan fingerprint density at radius 1 is 1.14 bits per heavy atom. The molecule has 0 radical (unpaired) electrons. The van der Waals surface area contributed by atoms with Gasteiger partial charge in [-0.3, -0.25) is 4.79 Å². The van der Waals surface area contributed by atoms with Crippen LogP contribution >= 0.6 is 0 Å². The van der Waals surface area contributed by atoms with Gasteiger partial charge in [0, 0.05) is 24.3 Å². The topological polar surface area (TPSA) is 75.7 Å². The summed E-state index contributed by atoms with van der Waals surface area (Å²) in [7, 11) is -3.70. The van der Waals surface area contributed by atoms with Gasteiger partial charge < -0.3 is 10.1 Å². The molecule has 156 valence electrons. The fourth-order valence-corrected chi connectivity index (χ4v) is 5.30. The van der Waals surface area contributed by atoms with Crippen molar-refractivity contribution in [3.8, 4) is 0 Å². The summed E-state index contributed by atoms with van der Waals surface area (Å²) in [5, 5.41) is 2.95. The molecular weight excluding hydrogens is 388 g/mol. The maximum absolute atomic E-state index is 13.1. The number of anilines is 1. The van der Waals surface area contributed by atoms with Crippen molar-refractivity contribution in [2.24, 2.45) is 0 Å². The van der Waals surface area contributed by atoms with Crippen LogP contribution in [0.2, 0.25) is 0 Å². The number of nitrogens with zero attached hydrogens (tertiary/aromatic N) is 1. The summed E-state index contributed by atoms with van der Waals surface area (Å²) in [6.45, 7) is 8.28. The van der Waals surface area contributed by atoms with Crippen LogP contribution in [0.3, 0.4) is 0 Å². The van der Waals surface area contributed by atoms with E-state index in [0.717, 1.165) is 23.2 Å². The lowest BCUT2D eigenvalue weighted by Crippen LogP contribution is -2.48. The molecule has 2 aromatic carbocycles. The molecule has 0 bridgehead atoms. The average molecular weight is 417 g/mol. The molecule has 1 amide bonds. The smallest absolute Gasteiger partial charge is 0.255 e. The highest BCUT2D eigenvalue weighted by Gasteiger charge is 2.32. The van der Waals surface area contributed by atoms with E-state index in [1.54, 1.807) is 12.1 Å². The number of rotatable bonds is 5. The number of aryl methyl sites for hydroxylation is 2. The van der Waals surface area contributed by atoms with Gasteiger partial charge in [-0.05, 0) is 56.5 Å². The summed E-state index contributed by atoms with van der Waals surface area (Å²) >= 11 is 0. The fraction of sp³-hybridized carbons (Fsp3) is 0.409. The number of hydrogen-bond donors (Lipinski definition) is 1. The van der Waals surface area contributed by atoms with Crippen LogP contribution in [-0.2, 0) is 21.2 Å². The van der Waals surface area contributed by atoms with E-state index in [9.17, 15) is 13.2 Å². The van der Waals surface area contributed by atoms with Gasteiger partial charge in [0.05, 0.1) is 17.1 Å². The molecule has 7 heteroatoms. The fourth-order valence-electron chi connectivity index (χ4n) is 3.66. The highest BCUT2D eigenvalue weighted by Crippen LogP contribution is 2.24. The normalized spacial score (nSPS) is 20.4. The zero-order valence-electron chi connectivity index (χ0n) is 17.3. The number of para-hydroxylation sites is 1. The molecule has 0 spiro atoms. The monoisotopic (exact) mass is 416 g/mol. The first-order chi connectivity index (χ1) is 13.7. The van der Waals surface area contributed by atoms with E-state index in [2.05, 4.69) is 5.32 Å². The zero-order valence-corrected chi connectivity index (χ0v) is 18.1. The molecule has 2 aromatic rings. The Hall–Kier alpha value is -2.22. The summed E-state index contributed by atoms with van der Waals surface area (Å²) in [5.74, 6) is -0.324. The molecule has 2 unspecified atom stereocenters. The molecule has 1 aliphatic heterocycles. The molecule has 3 rings (SSSR count). The second kappa shape index (κ2) is 8.65. The average Bonchev–Trinajstić information content (AvgIpc) is 2.68. The van der Waals surface area contributed by atoms with Gasteiger partial charge in [0.1, 0.15) is 0 Å². The van der Waals surface area contributed by atoms with Crippen LogP contribution in [0.25, 0.3) is 0 Å². The maximum Gasteiger partial charge on any atom is 0.255 e. The molecule has 6 nitrogen and oxygen atoms in total. The predicted octanol–water partition coefficient (Wildman–Crippen LogP) is 3.61. The van der Waals surface area contributed by atoms with Gasteiger partial charge in [0.25, 0.3) is 5.91 Å². The van der Waals surface area contributed by atoms with Crippen LogP contribution in [0.4, 0.5) is 5.69 Å². The van der Waals surface area contributed by atoms with Gasteiger partial charge in [-0.2, -0.15) is 4.31 Å². The lowest BCUT2D eigenvalue weighted by atomic mass is 10.1. The minimum atomic E-state index is -3.70. The van der Waals surface area contributed by atoms with Gasteiger partial charge in [-0.25, -0.2) is 8.42 Å². The van der Waals surface area contributed by atoms with Gasteiger partial charge in [-0.1, -0.05) is 31.2 Å². The third-order valence-electron chi connectivity index (χ3n) is 5.10. The van der Waals surface area contributed by atoms with Crippen LogP contribution in [0.15, 0.2) is 47.4 Å². The number of carbonyl (C=O) groups is 1. The van der Waals surface area contributed by atoms with Gasteiger partial charge >= 0.3 is 0 Å². The number of nitrogens with one attached hydrogen (secondary N) is 1. The van der Waals surface area contributed by atoms with Crippen LogP contribution < -0.4 is 5.32 Å². The molecule has 1 fully saturated rings. The molecule has 0 aliphatic carbocycles. The molecule has 0 aromatic heterocycles. The summed E-state index contributed by atoms with van der Waals surface area (Å²) in [6.07, 6.45) is 0.445. The highest BCUT2D eigenvalue weighted by atomic mass is 32.2. The van der Waals surface area contributed by atoms with Crippen molar-refractivity contribution in [3.05, 3.63) is 59.2 Å². The van der Waals surface area contributed by atoms with E-state index in [4.69, 9.17) is 4.74 Å². The highest BCUT2D eigenvalue weighted by molar-refractivity contribution is 7.89. The standard InChI is InChI=1S/C22H28N2O4S/c1-5-18-9-6-8-15(2)21(18)23-22(25)19-10-7-11-20(12-19)29(26,27)24-13-16(3)28-17(4)14-24/h6-12,16-17H,5,13-14H2,1-4H3,(H,23,25). The van der Waals surface area contributed by atoms with Crippen molar-refractivity contribution in [3.63, 3.8) is 0 Å². The Morgan fingerprint density at radius 3 is 2.45 bits per heavy atom. The van der Waals surface area contributed by atoms with E-state index in [1.165, 1.54) is 16.4 Å². The Labute approximate surface area is 172 Å². The lowest BCUT2D eigenvalue weighted by Gasteiger charge is -2.34. The minimum Gasteiger partial charge on any atom is -0.373 e. The van der Waals surface area contributed by atoms with Crippen molar-refractivity contribution in [1.82, 2.24) is 4.31 Å². The van der Waals surface area contributed by atoms with Crippen molar-refractivity contribution < 1.29 is 17.9 Å². The predicted molar refractivity (Wildman–Crippen MR) is 114 cm³/mol. The van der Waals surface area contributed by atoms with Crippen molar-refractivity contribution in [1.29, 1.82) is 0 Å². The molecule has 1 N–H and O–H groups in total. The van der Waals surface area contributed by atoms with E-state index in [0.29, 0.717) is 18.7 Å². The number of sulfonamides is 1. The maximum atomic E-state index is 13.1. The van der Waals surface area contributed by atoms with Crippen molar-refractivity contribution in [2.45, 2.75) is 51.2 Å². The number of hydrogen-bond acceptors (Lipinski definition) is 4. The molecule has 1 saturated heterocycles. The molecular formula is C22H28N2O4S. The summed E-state index contributed by atoms with van der Waals surface area (Å²) in [4.78, 5) is 13.0. The van der Waals surface area contributed by atoms with Gasteiger partial charge in [-0.15, -0.1) is 0 Å². The molecule has 0 saturated carbocycles. The van der Waals surface area contributed by atoms with E-state index < -0.39 is 10.0 Å². The number of carbonyl (C=O) groups excluding carboxylic acids is 1. The number of ether oxygens (including phenoxy) is 1. The summed E-state index contributed by atoms with van der Waals surface area (Å²) < 4.78 is 33.3. The Kier molecular flexibility index (Phi) is 6.41. The van der Waals surface area contributed by atoms with Crippen molar-refractivity contribution >= 4 is 21.6 Å². The quantitative estimate of drug-likeness (QED) is 0.808. The van der Waals surface area contributed by atoms with Gasteiger partial charge in [0.2, 0.25) is 10.0 Å². The summed E-state index contributed by atoms with van der Waals surface area (Å²) in [5.41, 5.74) is 3.10.